The molecule has 0 bridgehead atoms. The summed E-state index contributed by atoms with van der Waals surface area (Å²) in [6.07, 6.45) is 3.87. The van der Waals surface area contributed by atoms with E-state index < -0.39 is 51.0 Å². The van der Waals surface area contributed by atoms with Crippen LogP contribution >= 0.6 is 58.5 Å². The van der Waals surface area contributed by atoms with Crippen molar-refractivity contribution in [2.45, 2.75) is 33.7 Å². The summed E-state index contributed by atoms with van der Waals surface area (Å²) in [5, 5.41) is 24.5. The summed E-state index contributed by atoms with van der Waals surface area (Å²) in [6, 6.07) is 6.13. The van der Waals surface area contributed by atoms with Crippen LogP contribution in [-0.4, -0.2) is 82.9 Å². The molecule has 2 aliphatic heterocycles. The molecule has 0 spiro atoms. The Morgan fingerprint density at radius 2 is 1.91 bits per heavy atom. The van der Waals surface area contributed by atoms with E-state index in [0.717, 1.165) is 6.26 Å². The molecule has 0 saturated carbocycles. The lowest BCUT2D eigenvalue weighted by atomic mass is 10.0. The summed E-state index contributed by atoms with van der Waals surface area (Å²) >= 11 is 15.9. The Hall–Kier alpha value is -2.43. The van der Waals surface area contributed by atoms with E-state index in [-0.39, 0.29) is 29.4 Å². The monoisotopic (exact) mass is 705 g/mol. The van der Waals surface area contributed by atoms with Gasteiger partial charge in [-0.1, -0.05) is 23.2 Å². The van der Waals surface area contributed by atoms with Crippen LogP contribution in [0.25, 0.3) is 0 Å². The number of halogens is 2. The van der Waals surface area contributed by atoms with E-state index in [1.807, 2.05) is 0 Å². The molecular weight excluding hydrogens is 681 g/mol. The molecular formula is C26H25Cl2N3O8S4. The molecule has 0 aliphatic carbocycles. The zero-order valence-corrected chi connectivity index (χ0v) is 27.2. The summed E-state index contributed by atoms with van der Waals surface area (Å²) in [6.45, 7) is 0. The van der Waals surface area contributed by atoms with E-state index in [9.17, 15) is 37.8 Å². The van der Waals surface area contributed by atoms with Crippen LogP contribution in [0.3, 0.4) is 0 Å². The Bertz CT molecular complexity index is 1590. The van der Waals surface area contributed by atoms with Gasteiger partial charge in [-0.25, -0.2) is 13.2 Å². The van der Waals surface area contributed by atoms with Gasteiger partial charge in [-0.15, -0.1) is 35.3 Å². The Labute approximate surface area is 270 Å². The minimum absolute atomic E-state index is 0.0107. The first kappa shape index (κ1) is 33.5. The fraction of sp³-hybridized carbons (Fsp3) is 0.346. The topological polar surface area (TPSA) is 165 Å². The molecule has 11 nitrogen and oxygen atoms in total. The number of carbonyl (C=O) groups excluding carboxylic acids is 3. The summed E-state index contributed by atoms with van der Waals surface area (Å²) in [5.41, 5.74) is 0.413. The van der Waals surface area contributed by atoms with Gasteiger partial charge in [0.25, 0.3) is 5.91 Å². The number of nitrogens with zero attached hydrogens (tertiary/aromatic N) is 2. The summed E-state index contributed by atoms with van der Waals surface area (Å²) in [4.78, 5) is 51.8. The molecule has 2 aliphatic rings. The van der Waals surface area contributed by atoms with Crippen LogP contribution in [0.2, 0.25) is 10.0 Å². The van der Waals surface area contributed by atoms with Crippen molar-refractivity contribution < 1.29 is 42.4 Å². The molecule has 4 rings (SSSR count). The predicted octanol–water partition coefficient (Wildman–Crippen LogP) is 1.63. The van der Waals surface area contributed by atoms with E-state index in [4.69, 9.17) is 23.2 Å². The molecule has 3 heterocycles. The number of pyridine rings is 1. The highest BCUT2D eigenvalue weighted by Gasteiger charge is 2.54. The van der Waals surface area contributed by atoms with Crippen molar-refractivity contribution in [3.05, 3.63) is 64.0 Å². The first-order valence-electron chi connectivity index (χ1n) is 12.5. The van der Waals surface area contributed by atoms with Crippen LogP contribution < -0.4 is 15.0 Å². The molecule has 0 unspecified atom stereocenters. The number of benzene rings is 1. The van der Waals surface area contributed by atoms with Crippen molar-refractivity contribution in [2.75, 3.05) is 29.3 Å². The quantitative estimate of drug-likeness (QED) is 0.177. The van der Waals surface area contributed by atoms with Gasteiger partial charge < -0.3 is 20.3 Å². The van der Waals surface area contributed by atoms with E-state index in [1.165, 1.54) is 57.1 Å². The van der Waals surface area contributed by atoms with Gasteiger partial charge in [0.1, 0.15) is 32.9 Å². The van der Waals surface area contributed by atoms with Crippen LogP contribution in [0.5, 0.6) is 0 Å². The Kier molecular flexibility index (Phi) is 11.0. The number of carboxylic acids is 2. The fourth-order valence-electron chi connectivity index (χ4n) is 4.35. The van der Waals surface area contributed by atoms with Crippen molar-refractivity contribution in [1.82, 2.24) is 10.2 Å². The second kappa shape index (κ2) is 14.1. The number of thioether (sulfide) groups is 3. The number of amides is 2. The van der Waals surface area contributed by atoms with Crippen LogP contribution in [0.1, 0.15) is 12.5 Å². The van der Waals surface area contributed by atoms with E-state index >= 15 is 0 Å². The van der Waals surface area contributed by atoms with Gasteiger partial charge in [-0.3, -0.25) is 14.5 Å². The van der Waals surface area contributed by atoms with Gasteiger partial charge in [-0.2, -0.15) is 4.57 Å². The molecule has 17 heteroatoms. The van der Waals surface area contributed by atoms with Gasteiger partial charge in [0, 0.05) is 51.1 Å². The number of nitrogens with one attached hydrogen (secondary N) is 1. The molecule has 2 N–H and O–H groups in total. The molecule has 2 amide bonds. The Morgan fingerprint density at radius 3 is 2.53 bits per heavy atom. The van der Waals surface area contributed by atoms with Gasteiger partial charge in [0.2, 0.25) is 5.91 Å². The fourth-order valence-corrected chi connectivity index (χ4v) is 8.68. The average molecular weight is 707 g/mol. The van der Waals surface area contributed by atoms with Crippen molar-refractivity contribution in [1.29, 1.82) is 0 Å². The number of hydrogen-bond donors (Lipinski definition) is 2. The third-order valence-corrected chi connectivity index (χ3v) is 11.6. The lowest BCUT2D eigenvalue weighted by molar-refractivity contribution is -0.716. The molecule has 1 aromatic heterocycles. The zero-order valence-electron chi connectivity index (χ0n) is 22.4. The van der Waals surface area contributed by atoms with Crippen LogP contribution in [0, 0.1) is 0 Å². The van der Waals surface area contributed by atoms with Crippen molar-refractivity contribution in [2.24, 2.45) is 0 Å². The standard InChI is InChI=1S/C26H25Cl2N3O8S4/c1-43(38,39)9-6-18(25(34)35)30-7-4-16(5-8-30)40-11-14-12-42-24-21(23(33)31(24)22(14)26(36)37)29-20(32)13-41-19-10-15(27)2-3-17(19)28/h2-5,7-8,10,18,21,24H,6,9,11-13H2,1H3,(H2-,29,32,34,35,36,37)/t18-,21+,24+/m0/s1. The minimum Gasteiger partial charge on any atom is -0.543 e. The largest absolute Gasteiger partial charge is 0.543 e. The summed E-state index contributed by atoms with van der Waals surface area (Å²) < 4.78 is 24.3. The third-order valence-electron chi connectivity index (χ3n) is 6.45. The van der Waals surface area contributed by atoms with E-state index in [0.29, 0.717) is 31.2 Å². The van der Waals surface area contributed by atoms with Crippen LogP contribution in [-0.2, 0) is 29.0 Å². The average Bonchev–Trinajstić information content (AvgIpc) is 2.94. The molecule has 43 heavy (non-hydrogen) atoms. The van der Waals surface area contributed by atoms with Crippen molar-refractivity contribution in [3.63, 3.8) is 0 Å². The summed E-state index contributed by atoms with van der Waals surface area (Å²) in [7, 11) is -3.36. The number of carbonyl (C=O) groups is 4. The smallest absolute Gasteiger partial charge is 0.352 e. The van der Waals surface area contributed by atoms with E-state index in [1.54, 1.807) is 30.3 Å². The third kappa shape index (κ3) is 8.39. The van der Waals surface area contributed by atoms with Crippen LogP contribution in [0.4, 0.5) is 0 Å². The molecule has 2 aromatic rings. The maximum atomic E-state index is 13.0. The number of sulfone groups is 1. The normalized spacial score (nSPS) is 19.0. The van der Waals surface area contributed by atoms with Crippen LogP contribution in [0.15, 0.2) is 63.8 Å². The SMILES string of the molecule is CS(=O)(=O)CC[C@@H](C(=O)[O-])[n+]1ccc(SCC2=C(C(=O)O)N3C(=O)[C@@H](NC(=O)CSc4cc(Cl)ccc4Cl)[C@H]3SC2)cc1. The lowest BCUT2D eigenvalue weighted by Gasteiger charge is -2.49. The number of aliphatic carboxylic acids is 2. The van der Waals surface area contributed by atoms with Gasteiger partial charge in [0.05, 0.1) is 16.5 Å². The molecule has 1 fully saturated rings. The number of rotatable bonds is 13. The van der Waals surface area contributed by atoms with Gasteiger partial charge >= 0.3 is 5.97 Å². The van der Waals surface area contributed by atoms with Crippen molar-refractivity contribution >= 4 is 92.1 Å². The first-order valence-corrected chi connectivity index (χ1v) is 18.4. The predicted molar refractivity (Wildman–Crippen MR) is 163 cm³/mol. The molecule has 230 valence electrons. The highest BCUT2D eigenvalue weighted by Crippen LogP contribution is 2.41. The molecule has 0 radical (unpaired) electrons. The molecule has 3 atom stereocenters. The van der Waals surface area contributed by atoms with E-state index in [2.05, 4.69) is 5.32 Å². The first-order chi connectivity index (χ1) is 20.2. The highest BCUT2D eigenvalue weighted by atomic mass is 35.5. The molecule has 1 saturated heterocycles. The minimum atomic E-state index is -3.36. The number of aromatic nitrogens is 1. The lowest BCUT2D eigenvalue weighted by Crippen LogP contribution is -2.70. The second-order valence-electron chi connectivity index (χ2n) is 9.60. The number of carboxylic acid groups (broad SMARTS) is 2. The maximum Gasteiger partial charge on any atom is 0.352 e. The second-order valence-corrected chi connectivity index (χ2v) is 15.9. The van der Waals surface area contributed by atoms with Gasteiger partial charge in [0.15, 0.2) is 18.4 Å². The Balaban J connectivity index is 1.37. The number of β-lactam (4-membered cyclic amide) rings is 1. The molecule has 1 aromatic carbocycles. The Morgan fingerprint density at radius 1 is 1.21 bits per heavy atom. The number of hydrogen-bond acceptors (Lipinski definition) is 10. The zero-order chi connectivity index (χ0) is 31.5. The number of fused-ring (bicyclic) bond motifs is 1. The maximum absolute atomic E-state index is 13.0. The highest BCUT2D eigenvalue weighted by molar-refractivity contribution is 8.01. The van der Waals surface area contributed by atoms with Gasteiger partial charge in [-0.05, 0) is 23.8 Å². The van der Waals surface area contributed by atoms with Crippen molar-refractivity contribution in [3.8, 4) is 0 Å². The summed E-state index contributed by atoms with van der Waals surface area (Å²) in [5.74, 6) is -3.32.